The minimum atomic E-state index is -0.104. The Kier molecular flexibility index (Phi) is 7.53. The first kappa shape index (κ1) is 20.7. The molecule has 1 aliphatic heterocycles. The maximum absolute atomic E-state index is 12.3. The monoisotopic (exact) mass is 392 g/mol. The molecule has 29 heavy (non-hydrogen) atoms. The molecule has 0 aliphatic carbocycles. The third-order valence-electron chi connectivity index (χ3n) is 4.87. The van der Waals surface area contributed by atoms with Crippen molar-refractivity contribution in [1.82, 2.24) is 15.2 Å². The largest absolute Gasteiger partial charge is 0.355 e. The SMILES string of the molecule is CN(CCNC(=O)CCC(=O)N1CCC(c2ccccc2)=N1)Cc1ccccc1. The highest BCUT2D eigenvalue weighted by Gasteiger charge is 2.21. The molecule has 2 amide bonds. The van der Waals surface area contributed by atoms with Crippen LogP contribution in [0, 0.1) is 0 Å². The van der Waals surface area contributed by atoms with E-state index in [0.717, 1.165) is 30.8 Å². The maximum Gasteiger partial charge on any atom is 0.243 e. The highest BCUT2D eigenvalue weighted by Crippen LogP contribution is 2.14. The topological polar surface area (TPSA) is 65.0 Å². The first-order valence-corrected chi connectivity index (χ1v) is 10.0. The van der Waals surface area contributed by atoms with Crippen LogP contribution in [0.2, 0.25) is 0 Å². The molecule has 0 saturated carbocycles. The summed E-state index contributed by atoms with van der Waals surface area (Å²) in [6.45, 7) is 2.74. The van der Waals surface area contributed by atoms with Crippen LogP contribution in [0.15, 0.2) is 65.8 Å². The zero-order valence-corrected chi connectivity index (χ0v) is 16.9. The Hall–Kier alpha value is -2.99. The van der Waals surface area contributed by atoms with E-state index in [9.17, 15) is 9.59 Å². The number of hydrogen-bond donors (Lipinski definition) is 1. The normalized spacial score (nSPS) is 13.4. The summed E-state index contributed by atoms with van der Waals surface area (Å²) in [4.78, 5) is 26.6. The molecule has 152 valence electrons. The third-order valence-corrected chi connectivity index (χ3v) is 4.87. The molecule has 6 nitrogen and oxygen atoms in total. The number of rotatable bonds is 9. The van der Waals surface area contributed by atoms with Gasteiger partial charge < -0.3 is 10.2 Å². The summed E-state index contributed by atoms with van der Waals surface area (Å²) in [6.07, 6.45) is 1.11. The second-order valence-corrected chi connectivity index (χ2v) is 7.25. The Morgan fingerprint density at radius 3 is 2.45 bits per heavy atom. The summed E-state index contributed by atoms with van der Waals surface area (Å²) < 4.78 is 0. The van der Waals surface area contributed by atoms with E-state index in [1.54, 1.807) is 0 Å². The van der Waals surface area contributed by atoms with Gasteiger partial charge in [0.05, 0.1) is 12.3 Å². The summed E-state index contributed by atoms with van der Waals surface area (Å²) in [5.74, 6) is -0.204. The minimum Gasteiger partial charge on any atom is -0.355 e. The van der Waals surface area contributed by atoms with Crippen LogP contribution in [0.4, 0.5) is 0 Å². The van der Waals surface area contributed by atoms with Gasteiger partial charge in [-0.25, -0.2) is 5.01 Å². The van der Waals surface area contributed by atoms with E-state index in [-0.39, 0.29) is 24.7 Å². The van der Waals surface area contributed by atoms with Gasteiger partial charge in [0.2, 0.25) is 11.8 Å². The van der Waals surface area contributed by atoms with Crippen molar-refractivity contribution in [1.29, 1.82) is 0 Å². The molecular formula is C23H28N4O2. The fourth-order valence-electron chi connectivity index (χ4n) is 3.27. The van der Waals surface area contributed by atoms with Crippen LogP contribution in [0.25, 0.3) is 0 Å². The highest BCUT2D eigenvalue weighted by molar-refractivity contribution is 6.02. The van der Waals surface area contributed by atoms with Crippen LogP contribution >= 0.6 is 0 Å². The van der Waals surface area contributed by atoms with E-state index in [2.05, 4.69) is 27.5 Å². The third kappa shape index (κ3) is 6.54. The van der Waals surface area contributed by atoms with E-state index in [0.29, 0.717) is 13.1 Å². The smallest absolute Gasteiger partial charge is 0.243 e. The van der Waals surface area contributed by atoms with Gasteiger partial charge in [-0.1, -0.05) is 60.7 Å². The Labute approximate surface area is 172 Å². The van der Waals surface area contributed by atoms with E-state index < -0.39 is 0 Å². The summed E-state index contributed by atoms with van der Waals surface area (Å²) >= 11 is 0. The quantitative estimate of drug-likeness (QED) is 0.714. The Bertz CT molecular complexity index is 836. The first-order chi connectivity index (χ1) is 14.1. The minimum absolute atomic E-state index is 0.0991. The van der Waals surface area contributed by atoms with Crippen molar-refractivity contribution in [2.24, 2.45) is 5.10 Å². The van der Waals surface area contributed by atoms with Gasteiger partial charge in [0.15, 0.2) is 0 Å². The van der Waals surface area contributed by atoms with Gasteiger partial charge >= 0.3 is 0 Å². The lowest BCUT2D eigenvalue weighted by Gasteiger charge is -2.17. The molecule has 2 aromatic rings. The fourth-order valence-corrected chi connectivity index (χ4v) is 3.27. The lowest BCUT2D eigenvalue weighted by molar-refractivity contribution is -0.133. The fraction of sp³-hybridized carbons (Fsp3) is 0.348. The van der Waals surface area contributed by atoms with Gasteiger partial charge in [-0.2, -0.15) is 5.10 Å². The highest BCUT2D eigenvalue weighted by atomic mass is 16.2. The summed E-state index contributed by atoms with van der Waals surface area (Å²) in [5.41, 5.74) is 3.21. The number of benzene rings is 2. The van der Waals surface area contributed by atoms with E-state index in [1.165, 1.54) is 10.6 Å². The number of carbonyl (C=O) groups is 2. The zero-order chi connectivity index (χ0) is 20.5. The molecular weight excluding hydrogens is 364 g/mol. The number of nitrogens with one attached hydrogen (secondary N) is 1. The van der Waals surface area contributed by atoms with Gasteiger partial charge in [0.1, 0.15) is 0 Å². The second kappa shape index (κ2) is 10.5. The van der Waals surface area contributed by atoms with Gasteiger partial charge in [0, 0.05) is 38.9 Å². The summed E-state index contributed by atoms with van der Waals surface area (Å²) in [6, 6.07) is 20.1. The predicted octanol–water partition coefficient (Wildman–Crippen LogP) is 2.65. The molecule has 0 spiro atoms. The number of carbonyl (C=O) groups excluding carboxylic acids is 2. The zero-order valence-electron chi connectivity index (χ0n) is 16.9. The number of nitrogens with zero attached hydrogens (tertiary/aromatic N) is 3. The summed E-state index contributed by atoms with van der Waals surface area (Å²) in [7, 11) is 2.03. The number of amides is 2. The first-order valence-electron chi connectivity index (χ1n) is 10.0. The molecule has 0 bridgehead atoms. The van der Waals surface area contributed by atoms with Crippen molar-refractivity contribution in [3.05, 3.63) is 71.8 Å². The molecule has 1 heterocycles. The van der Waals surface area contributed by atoms with Crippen LogP contribution < -0.4 is 5.32 Å². The van der Waals surface area contributed by atoms with Crippen molar-refractivity contribution in [2.45, 2.75) is 25.8 Å². The molecule has 6 heteroatoms. The second-order valence-electron chi connectivity index (χ2n) is 7.25. The van der Waals surface area contributed by atoms with Crippen LogP contribution in [0.1, 0.15) is 30.4 Å². The van der Waals surface area contributed by atoms with Crippen molar-refractivity contribution in [2.75, 3.05) is 26.7 Å². The van der Waals surface area contributed by atoms with Crippen LogP contribution in [-0.4, -0.2) is 54.1 Å². The molecule has 3 rings (SSSR count). The van der Waals surface area contributed by atoms with Gasteiger partial charge in [0.25, 0.3) is 0 Å². The lowest BCUT2D eigenvalue weighted by Crippen LogP contribution is -2.33. The van der Waals surface area contributed by atoms with Crippen LogP contribution in [0.3, 0.4) is 0 Å². The number of hydrogen-bond acceptors (Lipinski definition) is 4. The maximum atomic E-state index is 12.3. The van der Waals surface area contributed by atoms with E-state index >= 15 is 0 Å². The van der Waals surface area contributed by atoms with Crippen LogP contribution in [-0.2, 0) is 16.1 Å². The van der Waals surface area contributed by atoms with Crippen molar-refractivity contribution in [3.8, 4) is 0 Å². The Morgan fingerprint density at radius 2 is 1.72 bits per heavy atom. The van der Waals surface area contributed by atoms with Crippen molar-refractivity contribution >= 4 is 17.5 Å². The molecule has 0 radical (unpaired) electrons. The van der Waals surface area contributed by atoms with Gasteiger partial charge in [-0.3, -0.25) is 9.59 Å². The molecule has 0 fully saturated rings. The Balaban J connectivity index is 1.34. The average molecular weight is 393 g/mol. The molecule has 0 atom stereocenters. The lowest BCUT2D eigenvalue weighted by atomic mass is 10.1. The Morgan fingerprint density at radius 1 is 1.03 bits per heavy atom. The predicted molar refractivity (Wildman–Crippen MR) is 114 cm³/mol. The number of hydrazone groups is 1. The summed E-state index contributed by atoms with van der Waals surface area (Å²) in [5, 5.41) is 8.81. The number of likely N-dealkylation sites (N-methyl/N-ethyl adjacent to an activating group) is 1. The molecule has 0 unspecified atom stereocenters. The molecule has 1 N–H and O–H groups in total. The van der Waals surface area contributed by atoms with E-state index in [1.807, 2.05) is 55.6 Å². The molecule has 0 aromatic heterocycles. The molecule has 2 aromatic carbocycles. The van der Waals surface area contributed by atoms with E-state index in [4.69, 9.17) is 0 Å². The average Bonchev–Trinajstić information content (AvgIpc) is 3.24. The molecule has 0 saturated heterocycles. The van der Waals surface area contributed by atoms with Crippen molar-refractivity contribution < 1.29 is 9.59 Å². The van der Waals surface area contributed by atoms with Crippen molar-refractivity contribution in [3.63, 3.8) is 0 Å². The standard InChI is InChI=1S/C23H28N4O2/c1-26(18-19-8-4-2-5-9-19)17-15-24-22(28)12-13-23(29)27-16-14-21(25-27)20-10-6-3-7-11-20/h2-11H,12-18H2,1H3,(H,24,28). The van der Waals surface area contributed by atoms with Gasteiger partial charge in [-0.05, 0) is 18.2 Å². The van der Waals surface area contributed by atoms with Crippen LogP contribution in [0.5, 0.6) is 0 Å². The molecule has 1 aliphatic rings. The van der Waals surface area contributed by atoms with Gasteiger partial charge in [-0.15, -0.1) is 0 Å².